The number of rotatable bonds is 4. The highest BCUT2D eigenvalue weighted by Crippen LogP contribution is 2.55. The summed E-state index contributed by atoms with van der Waals surface area (Å²) < 4.78 is 11.0. The first-order chi connectivity index (χ1) is 12.9. The van der Waals surface area contributed by atoms with Gasteiger partial charge in [0.2, 0.25) is 0 Å². The minimum atomic E-state index is -0.480. The highest BCUT2D eigenvalue weighted by Gasteiger charge is 2.53. The zero-order valence-electron chi connectivity index (χ0n) is 16.6. The molecule has 0 aromatic heterocycles. The van der Waals surface area contributed by atoms with E-state index in [2.05, 4.69) is 13.0 Å². The molecule has 0 amide bonds. The molecule has 1 fully saturated rings. The Hall–Kier alpha value is -2.19. The second kappa shape index (κ2) is 7.44. The zero-order valence-corrected chi connectivity index (χ0v) is 16.6. The Morgan fingerprint density at radius 2 is 2.11 bits per heavy atom. The predicted octanol–water partition coefficient (Wildman–Crippen LogP) is 2.88. The fourth-order valence-electron chi connectivity index (χ4n) is 5.32. The molecule has 2 aliphatic carbocycles. The summed E-state index contributed by atoms with van der Waals surface area (Å²) in [4.78, 5) is 14.8. The molecule has 0 radical (unpaired) electrons. The van der Waals surface area contributed by atoms with Crippen LogP contribution in [0.4, 0.5) is 0 Å². The van der Waals surface area contributed by atoms with E-state index >= 15 is 0 Å². The second-order valence-electron chi connectivity index (χ2n) is 7.79. The highest BCUT2D eigenvalue weighted by atomic mass is 16.5. The number of phenolic OH excluding ortho intramolecular Hbond substituents is 1. The predicted molar refractivity (Wildman–Crippen MR) is 104 cm³/mol. The lowest BCUT2D eigenvalue weighted by molar-refractivity contribution is -0.121. The van der Waals surface area contributed by atoms with Crippen molar-refractivity contribution in [3.05, 3.63) is 23.3 Å². The number of likely N-dealkylation sites (N-methyl/N-ethyl adjacent to an activating group) is 1. The molecule has 1 saturated carbocycles. The third kappa shape index (κ3) is 3.06. The summed E-state index contributed by atoms with van der Waals surface area (Å²) in [6, 6.07) is 6.64. The number of benzene rings is 1. The minimum Gasteiger partial charge on any atom is -0.504 e. The van der Waals surface area contributed by atoms with Crippen LogP contribution in [-0.4, -0.2) is 49.2 Å². The number of nitrogens with zero attached hydrogens (tertiary/aromatic N) is 1. The first-order valence-electron chi connectivity index (χ1n) is 9.54. The van der Waals surface area contributed by atoms with Crippen LogP contribution in [0, 0.1) is 18.4 Å². The van der Waals surface area contributed by atoms with Gasteiger partial charge in [-0.3, -0.25) is 4.79 Å². The van der Waals surface area contributed by atoms with Gasteiger partial charge in [-0.05, 0) is 36.8 Å². The van der Waals surface area contributed by atoms with Crippen LogP contribution in [0.2, 0.25) is 0 Å². The van der Waals surface area contributed by atoms with Gasteiger partial charge in [0.15, 0.2) is 11.5 Å². The molecule has 5 nitrogen and oxygen atoms in total. The molecule has 146 valence electrons. The van der Waals surface area contributed by atoms with Crippen molar-refractivity contribution in [1.29, 1.82) is 0 Å². The van der Waals surface area contributed by atoms with Crippen LogP contribution in [0.25, 0.3) is 0 Å². The maximum Gasteiger partial charge on any atom is 0.161 e. The summed E-state index contributed by atoms with van der Waals surface area (Å²) in [6.07, 6.45) is 8.61. The fraction of sp³-hybridized carbons (Fsp3) is 0.591. The van der Waals surface area contributed by atoms with Gasteiger partial charge in [-0.2, -0.15) is 0 Å². The van der Waals surface area contributed by atoms with Gasteiger partial charge in [0.05, 0.1) is 13.2 Å². The van der Waals surface area contributed by atoms with Crippen molar-refractivity contribution in [1.82, 2.24) is 4.90 Å². The molecule has 0 bridgehead atoms. The van der Waals surface area contributed by atoms with E-state index in [1.54, 1.807) is 20.3 Å². The second-order valence-corrected chi connectivity index (χ2v) is 7.79. The summed E-state index contributed by atoms with van der Waals surface area (Å²) in [5.41, 5.74) is 1.43. The van der Waals surface area contributed by atoms with E-state index in [1.807, 2.05) is 18.0 Å². The SMILES string of the molecule is C#CN(C)C1Cc2ccc(OC)c(O)c2[C@]2(CC)CC(=O)CC(OC)CC12. The van der Waals surface area contributed by atoms with Gasteiger partial charge in [0.1, 0.15) is 5.78 Å². The van der Waals surface area contributed by atoms with Crippen molar-refractivity contribution in [3.63, 3.8) is 0 Å². The fourth-order valence-corrected chi connectivity index (χ4v) is 5.32. The lowest BCUT2D eigenvalue weighted by Gasteiger charge is -2.50. The molecule has 2 aliphatic rings. The van der Waals surface area contributed by atoms with Crippen molar-refractivity contribution >= 4 is 5.78 Å². The lowest BCUT2D eigenvalue weighted by atomic mass is 9.57. The van der Waals surface area contributed by atoms with Crippen molar-refractivity contribution in [3.8, 4) is 24.0 Å². The van der Waals surface area contributed by atoms with Crippen LogP contribution in [0.1, 0.15) is 43.7 Å². The monoisotopic (exact) mass is 371 g/mol. The summed E-state index contributed by atoms with van der Waals surface area (Å²) in [5, 5.41) is 11.0. The van der Waals surface area contributed by atoms with Crippen LogP contribution >= 0.6 is 0 Å². The topological polar surface area (TPSA) is 59.0 Å². The van der Waals surface area contributed by atoms with E-state index in [1.165, 1.54) is 0 Å². The standard InChI is InChI=1S/C22H29NO4/c1-6-22-13-15(24)11-16(26-4)12-17(22)18(23(3)7-2)10-14-8-9-19(27-5)21(25)20(14)22/h2,8-9,16-18,25H,6,10-13H2,1,3-5H3/t16?,17?,18?,22-/m1/s1. The molecular weight excluding hydrogens is 342 g/mol. The van der Waals surface area contributed by atoms with Crippen molar-refractivity contribution in [2.24, 2.45) is 5.92 Å². The van der Waals surface area contributed by atoms with Gasteiger partial charge in [0.25, 0.3) is 0 Å². The molecule has 1 N–H and O–H groups in total. The van der Waals surface area contributed by atoms with Crippen LogP contribution < -0.4 is 4.74 Å². The Morgan fingerprint density at radius 1 is 1.37 bits per heavy atom. The Balaban J connectivity index is 2.27. The third-order valence-corrected chi connectivity index (χ3v) is 6.70. The Kier molecular flexibility index (Phi) is 5.39. The number of methoxy groups -OCH3 is 2. The minimum absolute atomic E-state index is 0.0822. The summed E-state index contributed by atoms with van der Waals surface area (Å²) >= 11 is 0. The number of terminal acetylenes is 1. The molecule has 5 heteroatoms. The van der Waals surface area contributed by atoms with E-state index in [4.69, 9.17) is 15.9 Å². The molecule has 3 rings (SSSR count). The number of hydrogen-bond acceptors (Lipinski definition) is 5. The molecule has 1 aromatic rings. The average molecular weight is 371 g/mol. The summed E-state index contributed by atoms with van der Waals surface area (Å²) in [6.45, 7) is 2.09. The molecule has 0 spiro atoms. The molecule has 3 unspecified atom stereocenters. The number of hydrogen-bond donors (Lipinski definition) is 1. The normalized spacial score (nSPS) is 29.9. The van der Waals surface area contributed by atoms with Crippen LogP contribution in [0.15, 0.2) is 12.1 Å². The first kappa shape index (κ1) is 19.6. The maximum absolute atomic E-state index is 12.8. The smallest absolute Gasteiger partial charge is 0.161 e. The molecule has 27 heavy (non-hydrogen) atoms. The number of ether oxygens (including phenoxy) is 2. The number of carbonyl (C=O) groups is 1. The van der Waals surface area contributed by atoms with E-state index in [0.717, 1.165) is 30.4 Å². The largest absolute Gasteiger partial charge is 0.504 e. The number of phenols is 1. The summed E-state index contributed by atoms with van der Waals surface area (Å²) in [7, 11) is 5.14. The van der Waals surface area contributed by atoms with Gasteiger partial charge in [-0.1, -0.05) is 19.4 Å². The number of ketones is 1. The molecule has 0 aliphatic heterocycles. The number of fused-ring (bicyclic) bond motifs is 3. The van der Waals surface area contributed by atoms with Crippen molar-refractivity contribution in [2.45, 2.75) is 56.6 Å². The van der Waals surface area contributed by atoms with Gasteiger partial charge >= 0.3 is 0 Å². The molecular formula is C22H29NO4. The van der Waals surface area contributed by atoms with Crippen molar-refractivity contribution < 1.29 is 19.4 Å². The van der Waals surface area contributed by atoms with Gasteiger partial charge in [0, 0.05) is 50.1 Å². The third-order valence-electron chi connectivity index (χ3n) is 6.70. The van der Waals surface area contributed by atoms with E-state index in [0.29, 0.717) is 18.6 Å². The highest BCUT2D eigenvalue weighted by molar-refractivity contribution is 5.81. The van der Waals surface area contributed by atoms with Gasteiger partial charge in [-0.25, -0.2) is 0 Å². The Morgan fingerprint density at radius 3 is 2.70 bits per heavy atom. The zero-order chi connectivity index (χ0) is 19.8. The Labute approximate surface area is 161 Å². The first-order valence-corrected chi connectivity index (χ1v) is 9.54. The maximum atomic E-state index is 12.8. The number of carbonyl (C=O) groups excluding carboxylic acids is 1. The molecule has 1 aromatic carbocycles. The van der Waals surface area contributed by atoms with E-state index in [9.17, 15) is 9.90 Å². The number of Topliss-reactive ketones (excluding diaryl/α,β-unsaturated/α-hetero) is 1. The van der Waals surface area contributed by atoms with Gasteiger partial charge < -0.3 is 19.5 Å². The van der Waals surface area contributed by atoms with Gasteiger partial charge in [-0.15, -0.1) is 0 Å². The molecule has 4 atom stereocenters. The van der Waals surface area contributed by atoms with E-state index < -0.39 is 5.41 Å². The van der Waals surface area contributed by atoms with Crippen molar-refractivity contribution in [2.75, 3.05) is 21.3 Å². The molecule has 0 heterocycles. The lowest BCUT2D eigenvalue weighted by Crippen LogP contribution is -2.52. The van der Waals surface area contributed by atoms with Crippen LogP contribution in [0.3, 0.4) is 0 Å². The van der Waals surface area contributed by atoms with Crippen LogP contribution in [0.5, 0.6) is 11.5 Å². The summed E-state index contributed by atoms with van der Waals surface area (Å²) in [5.74, 6) is 0.880. The average Bonchev–Trinajstić information content (AvgIpc) is 2.82. The molecule has 0 saturated heterocycles. The Bertz CT molecular complexity index is 768. The quantitative estimate of drug-likeness (QED) is 0.651. The van der Waals surface area contributed by atoms with Crippen LogP contribution in [-0.2, 0) is 21.4 Å². The van der Waals surface area contributed by atoms with E-state index in [-0.39, 0.29) is 29.6 Å². The number of aromatic hydroxyl groups is 1.